The molecule has 0 bridgehead atoms. The van der Waals surface area contributed by atoms with E-state index in [9.17, 15) is 18.0 Å². The van der Waals surface area contributed by atoms with Crippen LogP contribution in [0.5, 0.6) is 0 Å². The molecule has 1 heterocycles. The third-order valence-electron chi connectivity index (χ3n) is 2.61. The van der Waals surface area contributed by atoms with Crippen molar-refractivity contribution in [3.05, 3.63) is 51.9 Å². The van der Waals surface area contributed by atoms with Gasteiger partial charge in [0, 0.05) is 10.2 Å². The molecule has 0 spiro atoms. The number of hydrogen-bond acceptors (Lipinski definition) is 3. The summed E-state index contributed by atoms with van der Waals surface area (Å²) in [6, 6.07) is 6.18. The van der Waals surface area contributed by atoms with Gasteiger partial charge in [-0.3, -0.25) is 0 Å². The Bertz CT molecular complexity index is 667. The summed E-state index contributed by atoms with van der Waals surface area (Å²) in [6.07, 6.45) is -4.49. The zero-order valence-electron chi connectivity index (χ0n) is 10.4. The molecule has 1 aromatic carbocycles. The van der Waals surface area contributed by atoms with Gasteiger partial charge in [-0.25, -0.2) is 4.79 Å². The van der Waals surface area contributed by atoms with E-state index in [2.05, 4.69) is 21.2 Å². The van der Waals surface area contributed by atoms with Gasteiger partial charge >= 0.3 is 12.1 Å². The Kier molecular flexibility index (Phi) is 4.26. The lowest BCUT2D eigenvalue weighted by Crippen LogP contribution is -2.10. The SMILES string of the molecule is O=C(O)c1ccc(CNc2cc(Br)ccc2C(F)(F)F)o1. The molecule has 2 rings (SSSR count). The minimum Gasteiger partial charge on any atom is -0.475 e. The highest BCUT2D eigenvalue weighted by Crippen LogP contribution is 2.36. The monoisotopic (exact) mass is 363 g/mol. The number of benzene rings is 1. The highest BCUT2D eigenvalue weighted by molar-refractivity contribution is 9.10. The van der Waals surface area contributed by atoms with Crippen LogP contribution in [0.4, 0.5) is 18.9 Å². The van der Waals surface area contributed by atoms with Gasteiger partial charge in [0.1, 0.15) is 5.76 Å². The molecule has 4 nitrogen and oxygen atoms in total. The van der Waals surface area contributed by atoms with Gasteiger partial charge in [0.2, 0.25) is 5.76 Å². The zero-order valence-corrected chi connectivity index (χ0v) is 12.0. The number of carbonyl (C=O) groups is 1. The van der Waals surface area contributed by atoms with E-state index in [1.165, 1.54) is 24.3 Å². The fraction of sp³-hybridized carbons (Fsp3) is 0.154. The number of aromatic carboxylic acids is 1. The molecule has 0 saturated heterocycles. The summed E-state index contributed by atoms with van der Waals surface area (Å²) in [5.41, 5.74) is -0.930. The van der Waals surface area contributed by atoms with Crippen LogP contribution in [0.2, 0.25) is 0 Å². The fourth-order valence-corrected chi connectivity index (χ4v) is 2.04. The highest BCUT2D eigenvalue weighted by Gasteiger charge is 2.33. The first-order valence-electron chi connectivity index (χ1n) is 5.70. The van der Waals surface area contributed by atoms with Gasteiger partial charge in [0.05, 0.1) is 12.1 Å². The first-order valence-corrected chi connectivity index (χ1v) is 6.49. The molecule has 0 unspecified atom stereocenters. The van der Waals surface area contributed by atoms with Crippen LogP contribution in [0, 0.1) is 0 Å². The van der Waals surface area contributed by atoms with Crippen LogP contribution < -0.4 is 5.32 Å². The minimum atomic E-state index is -4.49. The van der Waals surface area contributed by atoms with Crippen LogP contribution in [0.3, 0.4) is 0 Å². The topological polar surface area (TPSA) is 62.5 Å². The molecule has 112 valence electrons. The van der Waals surface area contributed by atoms with Crippen LogP contribution in [-0.2, 0) is 12.7 Å². The molecule has 2 aromatic rings. The minimum absolute atomic E-state index is 0.0627. The van der Waals surface area contributed by atoms with Crippen molar-refractivity contribution < 1.29 is 27.5 Å². The predicted octanol–water partition coefficient (Wildman–Crippen LogP) is 4.37. The Balaban J connectivity index is 2.19. The largest absolute Gasteiger partial charge is 0.475 e. The van der Waals surface area contributed by atoms with Gasteiger partial charge in [0.15, 0.2) is 0 Å². The van der Waals surface area contributed by atoms with E-state index < -0.39 is 17.7 Å². The lowest BCUT2D eigenvalue weighted by molar-refractivity contribution is -0.137. The summed E-state index contributed by atoms with van der Waals surface area (Å²) in [7, 11) is 0. The molecule has 0 amide bonds. The van der Waals surface area contributed by atoms with E-state index in [4.69, 9.17) is 9.52 Å². The molecule has 0 fully saturated rings. The number of alkyl halides is 3. The van der Waals surface area contributed by atoms with Crippen molar-refractivity contribution >= 4 is 27.6 Å². The number of furan rings is 1. The normalized spacial score (nSPS) is 11.4. The Hall–Kier alpha value is -1.96. The molecule has 0 aliphatic rings. The van der Waals surface area contributed by atoms with Crippen LogP contribution in [0.25, 0.3) is 0 Å². The Morgan fingerprint density at radius 3 is 2.57 bits per heavy atom. The van der Waals surface area contributed by atoms with Gasteiger partial charge < -0.3 is 14.8 Å². The summed E-state index contributed by atoms with van der Waals surface area (Å²) in [5.74, 6) is -1.28. The van der Waals surface area contributed by atoms with Crippen molar-refractivity contribution in [2.75, 3.05) is 5.32 Å². The summed E-state index contributed by atoms with van der Waals surface area (Å²) in [6.45, 7) is -0.0627. The van der Waals surface area contributed by atoms with Gasteiger partial charge in [-0.2, -0.15) is 13.2 Å². The highest BCUT2D eigenvalue weighted by atomic mass is 79.9. The number of rotatable bonds is 4. The number of nitrogens with one attached hydrogen (secondary N) is 1. The van der Waals surface area contributed by atoms with Crippen molar-refractivity contribution in [2.24, 2.45) is 0 Å². The second-order valence-electron chi connectivity index (χ2n) is 4.11. The molecule has 1 aromatic heterocycles. The maximum Gasteiger partial charge on any atom is 0.418 e. The molecular formula is C13H9BrF3NO3. The van der Waals surface area contributed by atoms with Crippen LogP contribution in [0.1, 0.15) is 21.9 Å². The van der Waals surface area contributed by atoms with Gasteiger partial charge in [-0.15, -0.1) is 0 Å². The van der Waals surface area contributed by atoms with Gasteiger partial charge in [0.25, 0.3) is 0 Å². The van der Waals surface area contributed by atoms with Gasteiger partial charge in [-0.1, -0.05) is 15.9 Å². The Morgan fingerprint density at radius 2 is 2.00 bits per heavy atom. The second-order valence-corrected chi connectivity index (χ2v) is 5.03. The third kappa shape index (κ3) is 3.78. The lowest BCUT2D eigenvalue weighted by atomic mass is 10.1. The van der Waals surface area contributed by atoms with Gasteiger partial charge in [-0.05, 0) is 30.3 Å². The van der Waals surface area contributed by atoms with E-state index in [0.29, 0.717) is 4.47 Å². The van der Waals surface area contributed by atoms with E-state index >= 15 is 0 Å². The van der Waals surface area contributed by atoms with Crippen molar-refractivity contribution in [2.45, 2.75) is 12.7 Å². The van der Waals surface area contributed by atoms with Crippen molar-refractivity contribution in [3.8, 4) is 0 Å². The van der Waals surface area contributed by atoms with E-state index in [0.717, 1.165) is 6.07 Å². The van der Waals surface area contributed by atoms with Crippen LogP contribution in [0.15, 0.2) is 39.2 Å². The first kappa shape index (κ1) is 15.4. The van der Waals surface area contributed by atoms with E-state index in [-0.39, 0.29) is 23.8 Å². The molecule has 0 aliphatic heterocycles. The van der Waals surface area contributed by atoms with E-state index in [1.54, 1.807) is 0 Å². The molecule has 0 atom stereocenters. The molecule has 0 saturated carbocycles. The maximum atomic E-state index is 12.9. The number of hydrogen-bond donors (Lipinski definition) is 2. The number of halogens is 4. The predicted molar refractivity (Wildman–Crippen MR) is 72.1 cm³/mol. The molecular weight excluding hydrogens is 355 g/mol. The molecule has 0 radical (unpaired) electrons. The smallest absolute Gasteiger partial charge is 0.418 e. The quantitative estimate of drug-likeness (QED) is 0.846. The fourth-order valence-electron chi connectivity index (χ4n) is 1.68. The summed E-state index contributed by atoms with van der Waals surface area (Å²) in [5, 5.41) is 11.3. The molecule has 8 heteroatoms. The molecule has 2 N–H and O–H groups in total. The van der Waals surface area contributed by atoms with Crippen LogP contribution in [-0.4, -0.2) is 11.1 Å². The summed E-state index contributed by atoms with van der Waals surface area (Å²) < 4.78 is 44.0. The lowest BCUT2D eigenvalue weighted by Gasteiger charge is -2.14. The average molecular weight is 364 g/mol. The number of carboxylic acids is 1. The van der Waals surface area contributed by atoms with E-state index in [1.807, 2.05) is 0 Å². The van der Waals surface area contributed by atoms with Crippen molar-refractivity contribution in [1.29, 1.82) is 0 Å². The first-order chi connectivity index (χ1) is 9.77. The molecule has 21 heavy (non-hydrogen) atoms. The molecule has 0 aliphatic carbocycles. The Morgan fingerprint density at radius 1 is 1.29 bits per heavy atom. The standard InChI is InChI=1S/C13H9BrF3NO3/c14-7-1-3-9(13(15,16)17)10(5-7)18-6-8-2-4-11(21-8)12(19)20/h1-5,18H,6H2,(H,19,20). The zero-order chi connectivity index (χ0) is 15.6. The number of anilines is 1. The summed E-state index contributed by atoms with van der Waals surface area (Å²) in [4.78, 5) is 10.6. The second kappa shape index (κ2) is 5.80. The van der Waals surface area contributed by atoms with Crippen LogP contribution >= 0.6 is 15.9 Å². The average Bonchev–Trinajstić information content (AvgIpc) is 2.83. The number of carboxylic acid groups (broad SMARTS) is 1. The van der Waals surface area contributed by atoms with Crippen molar-refractivity contribution in [1.82, 2.24) is 0 Å². The van der Waals surface area contributed by atoms with Crippen molar-refractivity contribution in [3.63, 3.8) is 0 Å². The Labute approximate surface area is 125 Å². The maximum absolute atomic E-state index is 12.9. The summed E-state index contributed by atoms with van der Waals surface area (Å²) >= 11 is 3.10. The third-order valence-corrected chi connectivity index (χ3v) is 3.11.